The molecular weight excluding hydrogens is 649 g/mol. The molecule has 278 valence electrons. The summed E-state index contributed by atoms with van der Waals surface area (Å²) in [7, 11) is 0. The minimum absolute atomic E-state index is 0.0406. The van der Waals surface area contributed by atoms with E-state index >= 15 is 0 Å². The van der Waals surface area contributed by atoms with Gasteiger partial charge >= 0.3 is 18.2 Å². The van der Waals surface area contributed by atoms with Gasteiger partial charge < -0.3 is 40.5 Å². The maximum Gasteiger partial charge on any atom is 0.418 e. The zero-order valence-electron chi connectivity index (χ0n) is 29.3. The van der Waals surface area contributed by atoms with E-state index < -0.39 is 89.5 Å². The molecule has 12 nitrogen and oxygen atoms in total. The number of esters is 1. The van der Waals surface area contributed by atoms with Gasteiger partial charge in [-0.1, -0.05) is 32.9 Å². The second-order valence-corrected chi connectivity index (χ2v) is 13.9. The minimum atomic E-state index is -4.72. The number of anilines is 1. The molecule has 0 unspecified atom stereocenters. The van der Waals surface area contributed by atoms with Gasteiger partial charge in [-0.25, -0.2) is 4.79 Å². The smallest absolute Gasteiger partial charge is 0.418 e. The number of rotatable bonds is 7. The van der Waals surface area contributed by atoms with Gasteiger partial charge in [-0.05, 0) is 65.0 Å². The van der Waals surface area contributed by atoms with Gasteiger partial charge in [0.1, 0.15) is 24.4 Å². The summed E-state index contributed by atoms with van der Waals surface area (Å²) in [5.74, 6) is -3.27. The van der Waals surface area contributed by atoms with E-state index in [2.05, 4.69) is 5.32 Å². The summed E-state index contributed by atoms with van der Waals surface area (Å²) < 4.78 is 46.1. The van der Waals surface area contributed by atoms with Crippen LogP contribution in [0.3, 0.4) is 0 Å². The van der Waals surface area contributed by atoms with E-state index in [1.807, 2.05) is 13.0 Å². The molecule has 1 fully saturated rings. The van der Waals surface area contributed by atoms with Crippen LogP contribution in [0.1, 0.15) is 73.3 Å². The Balaban J connectivity index is 2.39. The quantitative estimate of drug-likeness (QED) is 0.182. The number of urea groups is 1. The number of hydrogen-bond acceptors (Lipinski definition) is 10. The van der Waals surface area contributed by atoms with Gasteiger partial charge in [-0.3, -0.25) is 9.69 Å². The third-order valence-corrected chi connectivity index (χ3v) is 9.67. The van der Waals surface area contributed by atoms with Crippen LogP contribution in [0.5, 0.6) is 0 Å². The van der Waals surface area contributed by atoms with E-state index in [4.69, 9.17) is 4.74 Å². The average Bonchev–Trinajstić information content (AvgIpc) is 3.02. The highest BCUT2D eigenvalue weighted by Crippen LogP contribution is 2.35. The summed E-state index contributed by atoms with van der Waals surface area (Å²) in [5.41, 5.74) is -5.17. The molecule has 0 bridgehead atoms. The number of ether oxygens (including phenoxy) is 1. The highest BCUT2D eigenvalue weighted by Gasteiger charge is 2.47. The van der Waals surface area contributed by atoms with E-state index in [-0.39, 0.29) is 44.8 Å². The van der Waals surface area contributed by atoms with Gasteiger partial charge in [-0.15, -0.1) is 0 Å². The largest absolute Gasteiger partial charge is 0.459 e. The van der Waals surface area contributed by atoms with E-state index in [0.717, 1.165) is 17.0 Å². The number of para-hydroxylation sites is 1. The zero-order valence-corrected chi connectivity index (χ0v) is 29.3. The Kier molecular flexibility index (Phi) is 14.9. The summed E-state index contributed by atoms with van der Waals surface area (Å²) in [4.78, 5) is 29.0. The Labute approximate surface area is 286 Å². The van der Waals surface area contributed by atoms with Crippen LogP contribution in [0.4, 0.5) is 23.7 Å². The molecular formula is C34H53F3N4O8. The molecule has 0 aliphatic carbocycles. The van der Waals surface area contributed by atoms with Crippen molar-refractivity contribution < 1.29 is 53.0 Å². The number of amides is 2. The molecule has 2 rings (SSSR count). The first-order valence-electron chi connectivity index (χ1n) is 16.6. The molecule has 0 spiro atoms. The zero-order chi connectivity index (χ0) is 37.5. The van der Waals surface area contributed by atoms with Crippen LogP contribution in [0.25, 0.3) is 0 Å². The summed E-state index contributed by atoms with van der Waals surface area (Å²) in [6.07, 6.45) is -9.89. The summed E-state index contributed by atoms with van der Waals surface area (Å²) in [6, 6.07) is 4.61. The number of aliphatic hydroxyl groups is 5. The van der Waals surface area contributed by atoms with Crippen LogP contribution in [-0.2, 0) is 15.7 Å². The van der Waals surface area contributed by atoms with Crippen LogP contribution in [0.15, 0.2) is 24.3 Å². The topological polar surface area (TPSA) is 187 Å². The molecule has 49 heavy (non-hydrogen) atoms. The molecule has 0 saturated carbocycles. The van der Waals surface area contributed by atoms with Gasteiger partial charge in [0.05, 0.1) is 41.0 Å². The maximum absolute atomic E-state index is 13.5. The lowest BCUT2D eigenvalue weighted by atomic mass is 9.78. The molecule has 1 aromatic carbocycles. The fraction of sp³-hybridized carbons (Fsp3) is 0.735. The highest BCUT2D eigenvalue weighted by molar-refractivity contribution is 5.90. The molecule has 15 heteroatoms. The van der Waals surface area contributed by atoms with Crippen LogP contribution in [0.2, 0.25) is 0 Å². The molecule has 2 amide bonds. The molecule has 0 aromatic heterocycles. The maximum atomic E-state index is 13.5. The predicted octanol–water partition coefficient (Wildman–Crippen LogP) is 3.36. The van der Waals surface area contributed by atoms with Crippen molar-refractivity contribution in [1.29, 1.82) is 5.26 Å². The van der Waals surface area contributed by atoms with Gasteiger partial charge in [-0.2, -0.15) is 18.4 Å². The van der Waals surface area contributed by atoms with Gasteiger partial charge in [0.25, 0.3) is 0 Å². The van der Waals surface area contributed by atoms with E-state index in [1.54, 1.807) is 18.7 Å². The summed E-state index contributed by atoms with van der Waals surface area (Å²) in [6.45, 7) is 10.7. The lowest BCUT2D eigenvalue weighted by Crippen LogP contribution is -2.59. The number of hydrogen-bond donors (Lipinski definition) is 6. The lowest BCUT2D eigenvalue weighted by Gasteiger charge is -2.43. The SMILES string of the molecule is CC[C@H]1OC(=O)[C@H](C)[C@@H](O)[C@H](C)[C@@H](O)[C@](C)(O)C[C@@H](C)CN(CCCN(CC#N)C(=O)Nc2ccccc2C(F)(F)F)[C@H](C)[C@@H](O)[C@]1(C)O. The number of nitrogens with zero attached hydrogens (tertiary/aromatic N) is 3. The molecule has 1 aromatic rings. The number of cyclic esters (lactones) is 1. The summed E-state index contributed by atoms with van der Waals surface area (Å²) >= 11 is 0. The van der Waals surface area contributed by atoms with E-state index in [9.17, 15) is 53.6 Å². The van der Waals surface area contributed by atoms with Crippen molar-refractivity contribution in [1.82, 2.24) is 9.80 Å². The third kappa shape index (κ3) is 10.7. The fourth-order valence-electron chi connectivity index (χ4n) is 6.68. The number of nitriles is 1. The molecule has 10 atom stereocenters. The van der Waals surface area contributed by atoms with E-state index in [0.29, 0.717) is 0 Å². The van der Waals surface area contributed by atoms with Gasteiger partial charge in [0.15, 0.2) is 0 Å². The molecule has 1 aliphatic heterocycles. The Morgan fingerprint density at radius 2 is 1.73 bits per heavy atom. The van der Waals surface area contributed by atoms with Crippen LogP contribution >= 0.6 is 0 Å². The van der Waals surface area contributed by atoms with Gasteiger partial charge in [0.2, 0.25) is 0 Å². The number of carbonyl (C=O) groups excluding carboxylic acids is 2. The number of alkyl halides is 3. The van der Waals surface area contributed by atoms with Crippen molar-refractivity contribution in [2.24, 2.45) is 17.8 Å². The normalized spacial score (nSPS) is 34.2. The van der Waals surface area contributed by atoms with Crippen molar-refractivity contribution in [3.8, 4) is 6.07 Å². The first kappa shape index (κ1) is 42.2. The first-order chi connectivity index (χ1) is 22.6. The average molecular weight is 703 g/mol. The minimum Gasteiger partial charge on any atom is -0.459 e. The second kappa shape index (κ2) is 17.3. The Morgan fingerprint density at radius 3 is 2.31 bits per heavy atom. The fourth-order valence-corrected chi connectivity index (χ4v) is 6.68. The van der Waals surface area contributed by atoms with Crippen LogP contribution in [0, 0.1) is 29.1 Å². The standard InChI is InChI=1S/C34H53F3N4O8/c1-8-26-33(7,48)29(44)23(5)41(19-20(2)18-32(6,47)28(43)21(3)27(42)22(4)30(45)49-26)16-11-15-40(17-14-38)31(46)39-25-13-10-9-12-24(25)34(35,36)37/h9-10,12-13,20-23,26-29,42-44,47-48H,8,11,15-19H2,1-7H3,(H,39,46)/t20-,21+,22-,23-,26-,27+,28-,29-,32-,33-/m1/s1. The summed E-state index contributed by atoms with van der Waals surface area (Å²) in [5, 5.41) is 68.0. The molecule has 6 N–H and O–H groups in total. The van der Waals surface area contributed by atoms with E-state index in [1.165, 1.54) is 39.8 Å². The Hall–Kier alpha value is -3.00. The third-order valence-electron chi connectivity index (χ3n) is 9.67. The number of halogens is 3. The lowest BCUT2D eigenvalue weighted by molar-refractivity contribution is -0.193. The van der Waals surface area contributed by atoms with Crippen LogP contribution in [-0.4, -0.2) is 115 Å². The van der Waals surface area contributed by atoms with Gasteiger partial charge in [0, 0.05) is 31.6 Å². The number of aliphatic hydroxyl groups excluding tert-OH is 3. The van der Waals surface area contributed by atoms with Crippen molar-refractivity contribution >= 4 is 17.7 Å². The number of carbonyl (C=O) groups is 2. The molecule has 0 radical (unpaired) electrons. The highest BCUT2D eigenvalue weighted by atomic mass is 19.4. The molecule has 1 aliphatic rings. The number of nitrogens with one attached hydrogen (secondary N) is 1. The van der Waals surface area contributed by atoms with Crippen molar-refractivity contribution in [3.05, 3.63) is 29.8 Å². The predicted molar refractivity (Wildman–Crippen MR) is 175 cm³/mol. The van der Waals surface area contributed by atoms with Crippen molar-refractivity contribution in [3.63, 3.8) is 0 Å². The van der Waals surface area contributed by atoms with Crippen molar-refractivity contribution in [2.75, 3.05) is 31.5 Å². The number of benzene rings is 1. The second-order valence-electron chi connectivity index (χ2n) is 13.9. The first-order valence-corrected chi connectivity index (χ1v) is 16.6. The Morgan fingerprint density at radius 1 is 1.12 bits per heavy atom. The molecule has 1 heterocycles. The monoisotopic (exact) mass is 702 g/mol. The van der Waals surface area contributed by atoms with Crippen LogP contribution < -0.4 is 5.32 Å². The van der Waals surface area contributed by atoms with Crippen molar-refractivity contribution in [2.45, 2.75) is 116 Å². The molecule has 1 saturated heterocycles. The Bertz CT molecular complexity index is 1290.